The third-order valence-corrected chi connectivity index (χ3v) is 2.09. The van der Waals surface area contributed by atoms with Crippen LogP contribution in [-0.4, -0.2) is 17.0 Å². The molecule has 0 atom stereocenters. The average molecular weight is 219 g/mol. The molecule has 2 N–H and O–H groups in total. The first kappa shape index (κ1) is 12.0. The van der Waals surface area contributed by atoms with Gasteiger partial charge in [0.15, 0.2) is 0 Å². The number of hydrogen-bond donors (Lipinski definition) is 2. The van der Waals surface area contributed by atoms with Crippen LogP contribution in [-0.2, 0) is 9.59 Å². The van der Waals surface area contributed by atoms with Crippen molar-refractivity contribution in [1.29, 1.82) is 0 Å². The van der Waals surface area contributed by atoms with E-state index in [9.17, 15) is 9.59 Å². The summed E-state index contributed by atoms with van der Waals surface area (Å²) in [5, 5.41) is 11.2. The van der Waals surface area contributed by atoms with Crippen LogP contribution in [0, 0.1) is 6.92 Å². The number of aryl methyl sites for hydroxylation is 1. The lowest BCUT2D eigenvalue weighted by Gasteiger charge is -2.05. The predicted octanol–water partition coefficient (Wildman–Crippen LogP) is 1.96. The molecule has 0 unspecified atom stereocenters. The number of amides is 1. The molecule has 16 heavy (non-hydrogen) atoms. The van der Waals surface area contributed by atoms with Gasteiger partial charge >= 0.3 is 5.97 Å². The second kappa shape index (κ2) is 5.11. The lowest BCUT2D eigenvalue weighted by molar-refractivity contribution is -0.132. The van der Waals surface area contributed by atoms with Gasteiger partial charge in [-0.3, -0.25) is 4.79 Å². The fraction of sp³-hybridized carbons (Fsp3) is 0.167. The second-order valence-corrected chi connectivity index (χ2v) is 3.44. The first-order valence-electron chi connectivity index (χ1n) is 4.79. The molecule has 1 aromatic carbocycles. The van der Waals surface area contributed by atoms with Crippen molar-refractivity contribution in [3.8, 4) is 0 Å². The molecular weight excluding hydrogens is 206 g/mol. The van der Waals surface area contributed by atoms with Crippen LogP contribution in [0.1, 0.15) is 12.5 Å². The van der Waals surface area contributed by atoms with E-state index in [1.165, 1.54) is 6.92 Å². The Balaban J connectivity index is 2.77. The van der Waals surface area contributed by atoms with Gasteiger partial charge in [0, 0.05) is 17.3 Å². The molecule has 0 aliphatic rings. The molecule has 0 aliphatic carbocycles. The molecule has 84 valence electrons. The number of benzene rings is 1. The van der Waals surface area contributed by atoms with E-state index in [1.54, 1.807) is 12.1 Å². The topological polar surface area (TPSA) is 66.4 Å². The fourth-order valence-corrected chi connectivity index (χ4v) is 1.14. The highest BCUT2D eigenvalue weighted by Gasteiger charge is 2.05. The van der Waals surface area contributed by atoms with E-state index in [2.05, 4.69) is 5.32 Å². The van der Waals surface area contributed by atoms with Crippen LogP contribution in [0.2, 0.25) is 0 Å². The summed E-state index contributed by atoms with van der Waals surface area (Å²) < 4.78 is 0. The first-order valence-corrected chi connectivity index (χ1v) is 4.79. The summed E-state index contributed by atoms with van der Waals surface area (Å²) in [6.07, 6.45) is 1.06. The number of carboxylic acid groups (broad SMARTS) is 1. The molecule has 0 saturated heterocycles. The Morgan fingerprint density at radius 2 is 1.94 bits per heavy atom. The minimum atomic E-state index is -1.10. The van der Waals surface area contributed by atoms with E-state index in [4.69, 9.17) is 5.11 Å². The number of nitrogens with one attached hydrogen (secondary N) is 1. The summed E-state index contributed by atoms with van der Waals surface area (Å²) >= 11 is 0. The van der Waals surface area contributed by atoms with Gasteiger partial charge in [0.05, 0.1) is 0 Å². The van der Waals surface area contributed by atoms with Crippen molar-refractivity contribution in [1.82, 2.24) is 0 Å². The standard InChI is InChI=1S/C12H13NO3/c1-8-5-3-4-6-10(8)13-11(14)7-9(2)12(15)16/h3-7H,1-2H3,(H,13,14)(H,15,16). The molecule has 1 amide bonds. The third kappa shape index (κ3) is 3.24. The molecule has 0 aliphatic heterocycles. The van der Waals surface area contributed by atoms with Crippen LogP contribution < -0.4 is 5.32 Å². The van der Waals surface area contributed by atoms with Crippen LogP contribution in [0.15, 0.2) is 35.9 Å². The van der Waals surface area contributed by atoms with E-state index in [-0.39, 0.29) is 5.57 Å². The van der Waals surface area contributed by atoms with Gasteiger partial charge in [-0.15, -0.1) is 0 Å². The highest BCUT2D eigenvalue weighted by Crippen LogP contribution is 2.13. The minimum absolute atomic E-state index is 0.00563. The van der Waals surface area contributed by atoms with Crippen molar-refractivity contribution < 1.29 is 14.7 Å². The van der Waals surface area contributed by atoms with Crippen LogP contribution >= 0.6 is 0 Å². The molecule has 1 rings (SSSR count). The second-order valence-electron chi connectivity index (χ2n) is 3.44. The minimum Gasteiger partial charge on any atom is -0.478 e. The molecule has 0 heterocycles. The molecule has 0 saturated carbocycles. The van der Waals surface area contributed by atoms with E-state index < -0.39 is 11.9 Å². The summed E-state index contributed by atoms with van der Waals surface area (Å²) in [6.45, 7) is 3.24. The Hall–Kier alpha value is -2.10. The van der Waals surface area contributed by atoms with E-state index in [1.807, 2.05) is 19.1 Å². The lowest BCUT2D eigenvalue weighted by atomic mass is 10.2. The Morgan fingerprint density at radius 3 is 2.50 bits per heavy atom. The number of carbonyl (C=O) groups excluding carboxylic acids is 1. The number of para-hydroxylation sites is 1. The first-order chi connectivity index (χ1) is 7.50. The molecule has 0 bridgehead atoms. The highest BCUT2D eigenvalue weighted by molar-refractivity contribution is 6.04. The molecule has 0 spiro atoms. The Labute approximate surface area is 93.6 Å². The van der Waals surface area contributed by atoms with E-state index in [0.29, 0.717) is 5.69 Å². The zero-order chi connectivity index (χ0) is 12.1. The number of hydrogen-bond acceptors (Lipinski definition) is 2. The van der Waals surface area contributed by atoms with Gasteiger partial charge in [0.1, 0.15) is 0 Å². The van der Waals surface area contributed by atoms with E-state index in [0.717, 1.165) is 11.6 Å². The molecule has 0 radical (unpaired) electrons. The number of anilines is 1. The van der Waals surface area contributed by atoms with Gasteiger partial charge in [0.2, 0.25) is 5.91 Å². The number of rotatable bonds is 3. The molecule has 0 aromatic heterocycles. The van der Waals surface area contributed by atoms with Crippen LogP contribution in [0.25, 0.3) is 0 Å². The average Bonchev–Trinajstić information content (AvgIpc) is 2.21. The van der Waals surface area contributed by atoms with Crippen molar-refractivity contribution in [2.75, 3.05) is 5.32 Å². The van der Waals surface area contributed by atoms with Crippen LogP contribution in [0.5, 0.6) is 0 Å². The van der Waals surface area contributed by atoms with Crippen molar-refractivity contribution in [3.63, 3.8) is 0 Å². The smallest absolute Gasteiger partial charge is 0.331 e. The predicted molar refractivity (Wildman–Crippen MR) is 61.2 cm³/mol. The van der Waals surface area contributed by atoms with Gasteiger partial charge in [-0.2, -0.15) is 0 Å². The molecule has 0 fully saturated rings. The Bertz CT molecular complexity index is 449. The molecule has 1 aromatic rings. The van der Waals surface area contributed by atoms with Gasteiger partial charge in [-0.25, -0.2) is 4.79 Å². The quantitative estimate of drug-likeness (QED) is 0.764. The van der Waals surface area contributed by atoms with E-state index >= 15 is 0 Å². The summed E-state index contributed by atoms with van der Waals surface area (Å²) in [7, 11) is 0. The van der Waals surface area contributed by atoms with Gasteiger partial charge in [0.25, 0.3) is 0 Å². The number of carbonyl (C=O) groups is 2. The number of aliphatic carboxylic acids is 1. The maximum atomic E-state index is 11.4. The third-order valence-electron chi connectivity index (χ3n) is 2.09. The summed E-state index contributed by atoms with van der Waals surface area (Å²) in [6, 6.07) is 7.29. The summed E-state index contributed by atoms with van der Waals surface area (Å²) in [5.74, 6) is -1.53. The van der Waals surface area contributed by atoms with Gasteiger partial charge in [-0.1, -0.05) is 18.2 Å². The maximum Gasteiger partial charge on any atom is 0.331 e. The van der Waals surface area contributed by atoms with Crippen molar-refractivity contribution in [2.24, 2.45) is 0 Å². The fourth-order valence-electron chi connectivity index (χ4n) is 1.14. The van der Waals surface area contributed by atoms with Gasteiger partial charge in [-0.05, 0) is 25.5 Å². The number of carboxylic acids is 1. The zero-order valence-corrected chi connectivity index (χ0v) is 9.15. The summed E-state index contributed by atoms with van der Waals surface area (Å²) in [4.78, 5) is 21.9. The maximum absolute atomic E-state index is 11.4. The Kier molecular flexibility index (Phi) is 3.83. The van der Waals surface area contributed by atoms with Crippen molar-refractivity contribution in [3.05, 3.63) is 41.5 Å². The zero-order valence-electron chi connectivity index (χ0n) is 9.15. The van der Waals surface area contributed by atoms with Crippen LogP contribution in [0.3, 0.4) is 0 Å². The monoisotopic (exact) mass is 219 g/mol. The molecule has 4 nitrogen and oxygen atoms in total. The van der Waals surface area contributed by atoms with Crippen molar-refractivity contribution >= 4 is 17.6 Å². The van der Waals surface area contributed by atoms with Crippen molar-refractivity contribution in [2.45, 2.75) is 13.8 Å². The normalized spacial score (nSPS) is 11.0. The lowest BCUT2D eigenvalue weighted by Crippen LogP contribution is -2.11. The molecule has 4 heteroatoms. The highest BCUT2D eigenvalue weighted by atomic mass is 16.4. The van der Waals surface area contributed by atoms with Gasteiger partial charge < -0.3 is 10.4 Å². The largest absolute Gasteiger partial charge is 0.478 e. The summed E-state index contributed by atoms with van der Waals surface area (Å²) in [5.41, 5.74) is 1.62. The Morgan fingerprint density at radius 1 is 1.31 bits per heavy atom. The van der Waals surface area contributed by atoms with Crippen LogP contribution in [0.4, 0.5) is 5.69 Å². The SMILES string of the molecule is CC(=CC(=O)Nc1ccccc1C)C(=O)O. The molecular formula is C12H13NO3.